The third-order valence-electron chi connectivity index (χ3n) is 5.75. The fourth-order valence-corrected chi connectivity index (χ4v) is 4.84. The SMILES string of the molecule is CCOc1ccc(NS(=O)(=O)c2ccc(NC(=O)C(CC)Oc3ccc(-c4ccccc4)cc3)cc2)cc1. The van der Waals surface area contributed by atoms with Crippen LogP contribution in [-0.2, 0) is 14.8 Å². The summed E-state index contributed by atoms with van der Waals surface area (Å²) in [6.45, 7) is 4.27. The second kappa shape index (κ2) is 12.3. The maximum Gasteiger partial charge on any atom is 0.265 e. The summed E-state index contributed by atoms with van der Waals surface area (Å²) in [4.78, 5) is 12.9. The minimum Gasteiger partial charge on any atom is -0.494 e. The van der Waals surface area contributed by atoms with Gasteiger partial charge in [-0.3, -0.25) is 9.52 Å². The molecule has 0 saturated heterocycles. The fourth-order valence-electron chi connectivity index (χ4n) is 3.78. The number of hydrogen-bond acceptors (Lipinski definition) is 5. The van der Waals surface area contributed by atoms with E-state index >= 15 is 0 Å². The number of anilines is 2. The van der Waals surface area contributed by atoms with E-state index in [1.165, 1.54) is 12.1 Å². The highest BCUT2D eigenvalue weighted by Crippen LogP contribution is 2.24. The average Bonchev–Trinajstić information content (AvgIpc) is 2.94. The van der Waals surface area contributed by atoms with Crippen molar-refractivity contribution in [1.29, 1.82) is 0 Å². The normalized spacial score (nSPS) is 11.8. The maximum absolute atomic E-state index is 12.9. The molecule has 0 aliphatic carbocycles. The maximum atomic E-state index is 12.9. The van der Waals surface area contributed by atoms with Crippen LogP contribution in [0.1, 0.15) is 20.3 Å². The standard InChI is InChI=1S/C30H30N2O5S/c1-3-29(37-27-16-10-23(11-17-27)22-8-6-5-7-9-22)30(33)31-24-14-20-28(21-15-24)38(34,35)32-25-12-18-26(19-13-25)36-4-2/h5-21,29,32H,3-4H2,1-2H3,(H,31,33). The number of ether oxygens (including phenoxy) is 2. The molecule has 1 amide bonds. The van der Waals surface area contributed by atoms with Gasteiger partial charge in [-0.1, -0.05) is 49.4 Å². The van der Waals surface area contributed by atoms with Gasteiger partial charge in [0.2, 0.25) is 0 Å². The summed E-state index contributed by atoms with van der Waals surface area (Å²) in [5.74, 6) is 0.936. The Kier molecular flexibility index (Phi) is 8.66. The van der Waals surface area contributed by atoms with Gasteiger partial charge in [-0.15, -0.1) is 0 Å². The molecule has 0 saturated carbocycles. The Morgan fingerprint density at radius 2 is 1.32 bits per heavy atom. The quantitative estimate of drug-likeness (QED) is 0.236. The zero-order valence-electron chi connectivity index (χ0n) is 21.3. The molecule has 0 radical (unpaired) electrons. The minimum atomic E-state index is -3.80. The zero-order valence-corrected chi connectivity index (χ0v) is 22.1. The third-order valence-corrected chi connectivity index (χ3v) is 7.15. The third kappa shape index (κ3) is 6.92. The molecule has 0 fully saturated rings. The van der Waals surface area contributed by atoms with Crippen LogP contribution in [-0.4, -0.2) is 27.0 Å². The van der Waals surface area contributed by atoms with Gasteiger partial charge in [-0.25, -0.2) is 8.42 Å². The molecular formula is C30H30N2O5S. The first-order valence-corrected chi connectivity index (χ1v) is 13.8. The molecule has 0 spiro atoms. The van der Waals surface area contributed by atoms with E-state index in [0.717, 1.165) is 11.1 Å². The highest BCUT2D eigenvalue weighted by molar-refractivity contribution is 7.92. The second-order valence-corrected chi connectivity index (χ2v) is 10.2. The fraction of sp³-hybridized carbons (Fsp3) is 0.167. The predicted octanol–water partition coefficient (Wildman–Crippen LogP) is 6.35. The van der Waals surface area contributed by atoms with Crippen LogP contribution in [0, 0.1) is 0 Å². The largest absolute Gasteiger partial charge is 0.494 e. The lowest BCUT2D eigenvalue weighted by Crippen LogP contribution is -2.32. The van der Waals surface area contributed by atoms with Crippen molar-refractivity contribution in [3.8, 4) is 22.6 Å². The van der Waals surface area contributed by atoms with Crippen molar-refractivity contribution < 1.29 is 22.7 Å². The zero-order chi connectivity index (χ0) is 27.0. The Labute approximate surface area is 223 Å². The van der Waals surface area contributed by atoms with E-state index in [1.54, 1.807) is 36.4 Å². The van der Waals surface area contributed by atoms with Crippen molar-refractivity contribution in [2.45, 2.75) is 31.3 Å². The molecule has 0 aliphatic heterocycles. The molecule has 7 nitrogen and oxygen atoms in total. The Morgan fingerprint density at radius 1 is 0.737 bits per heavy atom. The second-order valence-electron chi connectivity index (χ2n) is 8.48. The first-order chi connectivity index (χ1) is 18.4. The van der Waals surface area contributed by atoms with Crippen LogP contribution in [0.25, 0.3) is 11.1 Å². The molecule has 196 valence electrons. The molecule has 0 heterocycles. The summed E-state index contributed by atoms with van der Waals surface area (Å²) < 4.78 is 39.4. The van der Waals surface area contributed by atoms with Gasteiger partial charge in [0.1, 0.15) is 11.5 Å². The van der Waals surface area contributed by atoms with Crippen molar-refractivity contribution in [3.63, 3.8) is 0 Å². The van der Waals surface area contributed by atoms with E-state index < -0.39 is 16.1 Å². The molecule has 2 N–H and O–H groups in total. The highest BCUT2D eigenvalue weighted by Gasteiger charge is 2.20. The first kappa shape index (κ1) is 26.8. The monoisotopic (exact) mass is 530 g/mol. The van der Waals surface area contributed by atoms with Crippen LogP contribution < -0.4 is 19.5 Å². The number of amides is 1. The van der Waals surface area contributed by atoms with Crippen LogP contribution >= 0.6 is 0 Å². The lowest BCUT2D eigenvalue weighted by Gasteiger charge is -2.18. The molecular weight excluding hydrogens is 500 g/mol. The van der Waals surface area contributed by atoms with Crippen molar-refractivity contribution in [2.75, 3.05) is 16.6 Å². The van der Waals surface area contributed by atoms with Crippen molar-refractivity contribution in [3.05, 3.63) is 103 Å². The Morgan fingerprint density at radius 3 is 1.92 bits per heavy atom. The smallest absolute Gasteiger partial charge is 0.265 e. The number of sulfonamides is 1. The van der Waals surface area contributed by atoms with Crippen LogP contribution in [0.15, 0.2) is 108 Å². The van der Waals surface area contributed by atoms with Crippen LogP contribution in [0.3, 0.4) is 0 Å². The van der Waals surface area contributed by atoms with E-state index in [-0.39, 0.29) is 10.8 Å². The molecule has 38 heavy (non-hydrogen) atoms. The summed E-state index contributed by atoms with van der Waals surface area (Å²) in [5, 5.41) is 2.80. The van der Waals surface area contributed by atoms with E-state index in [9.17, 15) is 13.2 Å². The van der Waals surface area contributed by atoms with Crippen LogP contribution in [0.2, 0.25) is 0 Å². The molecule has 0 bridgehead atoms. The molecule has 8 heteroatoms. The summed E-state index contributed by atoms with van der Waals surface area (Å²) in [7, 11) is -3.80. The number of rotatable bonds is 11. The molecule has 0 aliphatic rings. The Hall–Kier alpha value is -4.30. The predicted molar refractivity (Wildman–Crippen MR) is 150 cm³/mol. The Bertz CT molecular complexity index is 1440. The molecule has 4 aromatic carbocycles. The van der Waals surface area contributed by atoms with Gasteiger partial charge in [0.25, 0.3) is 15.9 Å². The van der Waals surface area contributed by atoms with E-state index in [1.807, 2.05) is 68.4 Å². The van der Waals surface area contributed by atoms with Crippen molar-refractivity contribution in [1.82, 2.24) is 0 Å². The molecule has 4 rings (SSSR count). The van der Waals surface area contributed by atoms with Gasteiger partial charge in [0, 0.05) is 11.4 Å². The number of carbonyl (C=O) groups is 1. The van der Waals surface area contributed by atoms with Gasteiger partial charge in [-0.05, 0) is 85.1 Å². The average molecular weight is 531 g/mol. The molecule has 1 unspecified atom stereocenters. The lowest BCUT2D eigenvalue weighted by atomic mass is 10.1. The van der Waals surface area contributed by atoms with E-state index in [0.29, 0.717) is 35.9 Å². The lowest BCUT2D eigenvalue weighted by molar-refractivity contribution is -0.122. The van der Waals surface area contributed by atoms with Gasteiger partial charge in [0.05, 0.1) is 11.5 Å². The molecule has 0 aromatic heterocycles. The number of benzene rings is 4. The topological polar surface area (TPSA) is 93.7 Å². The summed E-state index contributed by atoms with van der Waals surface area (Å²) >= 11 is 0. The van der Waals surface area contributed by atoms with Crippen molar-refractivity contribution in [2.24, 2.45) is 0 Å². The number of hydrogen-bond donors (Lipinski definition) is 2. The van der Waals surface area contributed by atoms with Gasteiger partial charge < -0.3 is 14.8 Å². The van der Waals surface area contributed by atoms with E-state index in [2.05, 4.69) is 10.0 Å². The van der Waals surface area contributed by atoms with Gasteiger partial charge in [-0.2, -0.15) is 0 Å². The molecule has 4 aromatic rings. The van der Waals surface area contributed by atoms with E-state index in [4.69, 9.17) is 9.47 Å². The van der Waals surface area contributed by atoms with Gasteiger partial charge in [0.15, 0.2) is 6.10 Å². The first-order valence-electron chi connectivity index (χ1n) is 12.4. The van der Waals surface area contributed by atoms with Crippen molar-refractivity contribution >= 4 is 27.3 Å². The van der Waals surface area contributed by atoms with Gasteiger partial charge >= 0.3 is 0 Å². The van der Waals surface area contributed by atoms with Crippen LogP contribution in [0.4, 0.5) is 11.4 Å². The summed E-state index contributed by atoms with van der Waals surface area (Å²) in [6, 6.07) is 30.2. The highest BCUT2D eigenvalue weighted by atomic mass is 32.2. The summed E-state index contributed by atoms with van der Waals surface area (Å²) in [5.41, 5.74) is 3.05. The number of carbonyl (C=O) groups excluding carboxylic acids is 1. The summed E-state index contributed by atoms with van der Waals surface area (Å²) in [6.07, 6.45) is -0.243. The Balaban J connectivity index is 1.36. The number of nitrogens with one attached hydrogen (secondary N) is 2. The minimum absolute atomic E-state index is 0.0752. The molecule has 1 atom stereocenters. The van der Waals surface area contributed by atoms with Crippen LogP contribution in [0.5, 0.6) is 11.5 Å².